The SMILES string of the molecule is CCCNc1ncc(CN(C)c2ccc(C)cc2)s1. The lowest BCUT2D eigenvalue weighted by Crippen LogP contribution is -2.15. The Balaban J connectivity index is 1.96. The van der Waals surface area contributed by atoms with E-state index < -0.39 is 0 Å². The van der Waals surface area contributed by atoms with Gasteiger partial charge in [-0.15, -0.1) is 11.3 Å². The van der Waals surface area contributed by atoms with Crippen LogP contribution in [0, 0.1) is 6.92 Å². The third-order valence-electron chi connectivity index (χ3n) is 2.95. The first-order valence-corrected chi connectivity index (χ1v) is 7.47. The van der Waals surface area contributed by atoms with E-state index in [-0.39, 0.29) is 0 Å². The van der Waals surface area contributed by atoms with Crippen LogP contribution in [-0.4, -0.2) is 18.6 Å². The molecular weight excluding hydrogens is 254 g/mol. The number of aryl methyl sites for hydroxylation is 1. The number of hydrogen-bond acceptors (Lipinski definition) is 4. The Labute approximate surface area is 119 Å². The van der Waals surface area contributed by atoms with E-state index in [1.165, 1.54) is 16.1 Å². The second-order valence-electron chi connectivity index (χ2n) is 4.75. The molecule has 1 aromatic heterocycles. The predicted octanol–water partition coefficient (Wildman–Crippen LogP) is 3.91. The lowest BCUT2D eigenvalue weighted by atomic mass is 10.2. The first-order valence-electron chi connectivity index (χ1n) is 6.65. The molecule has 0 bridgehead atoms. The van der Waals surface area contributed by atoms with E-state index in [0.29, 0.717) is 0 Å². The summed E-state index contributed by atoms with van der Waals surface area (Å²) in [6.07, 6.45) is 3.09. The molecule has 2 aromatic rings. The minimum absolute atomic E-state index is 0.897. The van der Waals surface area contributed by atoms with Crippen LogP contribution >= 0.6 is 11.3 Å². The van der Waals surface area contributed by atoms with Gasteiger partial charge in [-0.05, 0) is 25.5 Å². The number of rotatable bonds is 6. The van der Waals surface area contributed by atoms with Crippen molar-refractivity contribution < 1.29 is 0 Å². The molecule has 102 valence electrons. The summed E-state index contributed by atoms with van der Waals surface area (Å²) in [5, 5.41) is 4.35. The highest BCUT2D eigenvalue weighted by Gasteiger charge is 2.05. The number of anilines is 2. The number of benzene rings is 1. The van der Waals surface area contributed by atoms with Crippen LogP contribution in [0.5, 0.6) is 0 Å². The summed E-state index contributed by atoms with van der Waals surface area (Å²) in [6.45, 7) is 6.15. The third-order valence-corrected chi connectivity index (χ3v) is 3.89. The zero-order valence-corrected chi connectivity index (χ0v) is 12.6. The van der Waals surface area contributed by atoms with Gasteiger partial charge in [0.05, 0.1) is 6.54 Å². The Kier molecular flexibility index (Phi) is 4.80. The van der Waals surface area contributed by atoms with Gasteiger partial charge in [-0.3, -0.25) is 0 Å². The quantitative estimate of drug-likeness (QED) is 0.866. The molecule has 0 spiro atoms. The molecule has 4 heteroatoms. The summed E-state index contributed by atoms with van der Waals surface area (Å²) in [5.41, 5.74) is 2.53. The van der Waals surface area contributed by atoms with Gasteiger partial charge in [0.15, 0.2) is 5.13 Å². The van der Waals surface area contributed by atoms with Crippen molar-refractivity contribution in [2.75, 3.05) is 23.8 Å². The van der Waals surface area contributed by atoms with Gasteiger partial charge in [0.25, 0.3) is 0 Å². The highest BCUT2D eigenvalue weighted by atomic mass is 32.1. The largest absolute Gasteiger partial charge is 0.369 e. The van der Waals surface area contributed by atoms with Crippen molar-refractivity contribution in [3.8, 4) is 0 Å². The molecule has 0 saturated heterocycles. The number of nitrogens with one attached hydrogen (secondary N) is 1. The van der Waals surface area contributed by atoms with Crippen LogP contribution in [0.1, 0.15) is 23.8 Å². The molecule has 0 unspecified atom stereocenters. The van der Waals surface area contributed by atoms with E-state index in [1.54, 1.807) is 11.3 Å². The van der Waals surface area contributed by atoms with Crippen molar-refractivity contribution in [1.29, 1.82) is 0 Å². The maximum Gasteiger partial charge on any atom is 0.182 e. The summed E-state index contributed by atoms with van der Waals surface area (Å²) in [7, 11) is 2.11. The van der Waals surface area contributed by atoms with Crippen LogP contribution in [-0.2, 0) is 6.54 Å². The fraction of sp³-hybridized carbons (Fsp3) is 0.400. The maximum absolute atomic E-state index is 4.40. The smallest absolute Gasteiger partial charge is 0.182 e. The normalized spacial score (nSPS) is 10.5. The maximum atomic E-state index is 4.40. The standard InChI is InChI=1S/C15H21N3S/c1-4-9-16-15-17-10-14(19-15)11-18(3)13-7-5-12(2)6-8-13/h5-8,10H,4,9,11H2,1-3H3,(H,16,17). The van der Waals surface area contributed by atoms with Gasteiger partial charge < -0.3 is 10.2 Å². The average Bonchev–Trinajstić information content (AvgIpc) is 2.84. The van der Waals surface area contributed by atoms with Crippen LogP contribution in [0.2, 0.25) is 0 Å². The summed E-state index contributed by atoms with van der Waals surface area (Å²) in [6, 6.07) is 8.61. The Morgan fingerprint density at radius 2 is 2.00 bits per heavy atom. The Morgan fingerprint density at radius 1 is 1.26 bits per heavy atom. The molecule has 0 fully saturated rings. The predicted molar refractivity (Wildman–Crippen MR) is 84.2 cm³/mol. The van der Waals surface area contributed by atoms with E-state index in [2.05, 4.69) is 60.4 Å². The molecule has 0 atom stereocenters. The Hall–Kier alpha value is -1.55. The van der Waals surface area contributed by atoms with E-state index in [9.17, 15) is 0 Å². The van der Waals surface area contributed by atoms with E-state index >= 15 is 0 Å². The second-order valence-corrected chi connectivity index (χ2v) is 5.87. The molecule has 0 amide bonds. The highest BCUT2D eigenvalue weighted by Crippen LogP contribution is 2.22. The summed E-state index contributed by atoms with van der Waals surface area (Å²) in [4.78, 5) is 7.92. The molecule has 1 aromatic carbocycles. The van der Waals surface area contributed by atoms with E-state index in [4.69, 9.17) is 0 Å². The second kappa shape index (κ2) is 6.57. The highest BCUT2D eigenvalue weighted by molar-refractivity contribution is 7.15. The molecule has 19 heavy (non-hydrogen) atoms. The molecule has 1 heterocycles. The monoisotopic (exact) mass is 275 g/mol. The number of nitrogens with zero attached hydrogens (tertiary/aromatic N) is 2. The molecule has 0 aliphatic heterocycles. The van der Waals surface area contributed by atoms with Crippen LogP contribution in [0.3, 0.4) is 0 Å². The molecule has 0 radical (unpaired) electrons. The van der Waals surface area contributed by atoms with Crippen molar-refractivity contribution in [3.05, 3.63) is 40.9 Å². The molecular formula is C15H21N3S. The van der Waals surface area contributed by atoms with Gasteiger partial charge in [0.1, 0.15) is 0 Å². The fourth-order valence-corrected chi connectivity index (χ4v) is 2.71. The lowest BCUT2D eigenvalue weighted by molar-refractivity contribution is 0.936. The van der Waals surface area contributed by atoms with Crippen molar-refractivity contribution in [1.82, 2.24) is 4.98 Å². The molecule has 3 nitrogen and oxygen atoms in total. The first kappa shape index (κ1) is 13.9. The molecule has 2 rings (SSSR count). The molecule has 0 aliphatic carbocycles. The van der Waals surface area contributed by atoms with Crippen LogP contribution < -0.4 is 10.2 Å². The van der Waals surface area contributed by atoms with Gasteiger partial charge in [-0.1, -0.05) is 24.6 Å². The summed E-state index contributed by atoms with van der Waals surface area (Å²) < 4.78 is 0. The minimum Gasteiger partial charge on any atom is -0.369 e. The van der Waals surface area contributed by atoms with Gasteiger partial charge >= 0.3 is 0 Å². The molecule has 1 N–H and O–H groups in total. The topological polar surface area (TPSA) is 28.2 Å². The third kappa shape index (κ3) is 3.96. The summed E-state index contributed by atoms with van der Waals surface area (Å²) >= 11 is 1.74. The number of hydrogen-bond donors (Lipinski definition) is 1. The summed E-state index contributed by atoms with van der Waals surface area (Å²) in [5.74, 6) is 0. The average molecular weight is 275 g/mol. The molecule has 0 saturated carbocycles. The zero-order valence-electron chi connectivity index (χ0n) is 11.8. The van der Waals surface area contributed by atoms with Crippen molar-refractivity contribution in [3.63, 3.8) is 0 Å². The fourth-order valence-electron chi connectivity index (χ4n) is 1.82. The van der Waals surface area contributed by atoms with Crippen LogP contribution in [0.25, 0.3) is 0 Å². The van der Waals surface area contributed by atoms with Gasteiger partial charge in [0, 0.05) is 30.4 Å². The minimum atomic E-state index is 0.897. The van der Waals surface area contributed by atoms with Crippen LogP contribution in [0.15, 0.2) is 30.5 Å². The Morgan fingerprint density at radius 3 is 2.68 bits per heavy atom. The van der Waals surface area contributed by atoms with Gasteiger partial charge in [0.2, 0.25) is 0 Å². The number of aromatic nitrogens is 1. The molecule has 0 aliphatic rings. The van der Waals surface area contributed by atoms with Gasteiger partial charge in [-0.25, -0.2) is 4.98 Å². The lowest BCUT2D eigenvalue weighted by Gasteiger charge is -2.18. The number of thiazole rings is 1. The van der Waals surface area contributed by atoms with Crippen molar-refractivity contribution >= 4 is 22.2 Å². The van der Waals surface area contributed by atoms with Crippen molar-refractivity contribution in [2.24, 2.45) is 0 Å². The Bertz CT molecular complexity index is 504. The zero-order chi connectivity index (χ0) is 13.7. The van der Waals surface area contributed by atoms with E-state index in [1.807, 2.05) is 6.20 Å². The first-order chi connectivity index (χ1) is 9.19. The van der Waals surface area contributed by atoms with Gasteiger partial charge in [-0.2, -0.15) is 0 Å². The van der Waals surface area contributed by atoms with Crippen LogP contribution in [0.4, 0.5) is 10.8 Å². The van der Waals surface area contributed by atoms with E-state index in [0.717, 1.165) is 24.6 Å². The van der Waals surface area contributed by atoms with Crippen molar-refractivity contribution in [2.45, 2.75) is 26.8 Å².